The lowest BCUT2D eigenvalue weighted by Crippen LogP contribution is -2.15. The van der Waals surface area contributed by atoms with Crippen molar-refractivity contribution in [3.05, 3.63) is 59.9 Å². The number of halogens is 3. The highest BCUT2D eigenvalue weighted by Gasteiger charge is 2.15. The molecule has 0 unspecified atom stereocenters. The average Bonchev–Trinajstić information content (AvgIpc) is 2.50. The lowest BCUT2D eigenvalue weighted by molar-refractivity contribution is -0.116. The van der Waals surface area contributed by atoms with Gasteiger partial charge in [0.25, 0.3) is 0 Å². The summed E-state index contributed by atoms with van der Waals surface area (Å²) in [4.78, 5) is 11.7. The number of hydrogen-bond donors (Lipinski definition) is 1. The Bertz CT molecular complexity index is 836. The highest BCUT2D eigenvalue weighted by atomic mass is 32.2. The summed E-state index contributed by atoms with van der Waals surface area (Å²) in [5, 5.41) is 2.25. The number of sulfone groups is 1. The van der Waals surface area contributed by atoms with Gasteiger partial charge in [0.2, 0.25) is 5.91 Å². The zero-order valence-electron chi connectivity index (χ0n) is 12.4. The summed E-state index contributed by atoms with van der Waals surface area (Å²) in [5.74, 6) is -3.12. The van der Waals surface area contributed by atoms with Crippen LogP contribution in [0.4, 0.5) is 18.9 Å². The number of carbonyl (C=O) groups is 1. The molecule has 0 radical (unpaired) electrons. The van der Waals surface area contributed by atoms with Gasteiger partial charge in [-0.15, -0.1) is 0 Å². The molecule has 128 valence electrons. The monoisotopic (exact) mass is 357 g/mol. The van der Waals surface area contributed by atoms with E-state index in [4.69, 9.17) is 0 Å². The van der Waals surface area contributed by atoms with Crippen LogP contribution < -0.4 is 5.32 Å². The third-order valence-electron chi connectivity index (χ3n) is 3.19. The summed E-state index contributed by atoms with van der Waals surface area (Å²) in [6, 6.07) is 7.09. The minimum Gasteiger partial charge on any atom is -0.324 e. The van der Waals surface area contributed by atoms with Crippen LogP contribution in [-0.2, 0) is 14.6 Å². The van der Waals surface area contributed by atoms with Crippen molar-refractivity contribution in [2.75, 3.05) is 11.1 Å². The number of carbonyl (C=O) groups excluding carboxylic acids is 1. The van der Waals surface area contributed by atoms with E-state index in [1.165, 1.54) is 0 Å². The molecule has 0 aliphatic carbocycles. The van der Waals surface area contributed by atoms with Crippen molar-refractivity contribution >= 4 is 21.4 Å². The molecule has 0 aliphatic rings. The Balaban J connectivity index is 1.89. The van der Waals surface area contributed by atoms with Crippen LogP contribution in [0.5, 0.6) is 0 Å². The molecule has 0 heterocycles. The maximum atomic E-state index is 13.4. The number of hydrogen-bond acceptors (Lipinski definition) is 3. The van der Waals surface area contributed by atoms with Gasteiger partial charge < -0.3 is 5.32 Å². The molecule has 4 nitrogen and oxygen atoms in total. The molecule has 2 aromatic rings. The van der Waals surface area contributed by atoms with Crippen molar-refractivity contribution in [1.29, 1.82) is 0 Å². The lowest BCUT2D eigenvalue weighted by Gasteiger charge is -2.07. The van der Waals surface area contributed by atoms with E-state index in [0.29, 0.717) is 6.07 Å². The molecular formula is C16H14F3NO3S. The first-order chi connectivity index (χ1) is 11.3. The van der Waals surface area contributed by atoms with Gasteiger partial charge in [-0.2, -0.15) is 0 Å². The SMILES string of the molecule is O=C(CCCS(=O)(=O)c1ccc(F)cc1)Nc1ccc(F)cc1F. The summed E-state index contributed by atoms with van der Waals surface area (Å²) in [7, 11) is -3.63. The maximum absolute atomic E-state index is 13.4. The largest absolute Gasteiger partial charge is 0.324 e. The van der Waals surface area contributed by atoms with Gasteiger partial charge in [0.1, 0.15) is 17.5 Å². The van der Waals surface area contributed by atoms with Crippen molar-refractivity contribution in [2.24, 2.45) is 0 Å². The van der Waals surface area contributed by atoms with Gasteiger partial charge in [-0.3, -0.25) is 4.79 Å². The topological polar surface area (TPSA) is 63.2 Å². The van der Waals surface area contributed by atoms with Crippen LogP contribution in [0.15, 0.2) is 47.4 Å². The van der Waals surface area contributed by atoms with E-state index in [2.05, 4.69) is 5.32 Å². The summed E-state index contributed by atoms with van der Waals surface area (Å²) < 4.78 is 63.0. The van der Waals surface area contributed by atoms with Gasteiger partial charge in [0.15, 0.2) is 9.84 Å². The van der Waals surface area contributed by atoms with Gasteiger partial charge in [0.05, 0.1) is 16.3 Å². The van der Waals surface area contributed by atoms with Gasteiger partial charge >= 0.3 is 0 Å². The number of anilines is 1. The summed E-state index contributed by atoms with van der Waals surface area (Å²) in [6.07, 6.45) is -0.147. The van der Waals surface area contributed by atoms with Crippen molar-refractivity contribution in [1.82, 2.24) is 0 Å². The molecule has 1 N–H and O–H groups in total. The molecule has 0 aromatic heterocycles. The fourth-order valence-corrected chi connectivity index (χ4v) is 3.30. The van der Waals surface area contributed by atoms with E-state index in [1.54, 1.807) is 0 Å². The Kier molecular flexibility index (Phi) is 5.61. The highest BCUT2D eigenvalue weighted by molar-refractivity contribution is 7.91. The van der Waals surface area contributed by atoms with Crippen LogP contribution in [0.2, 0.25) is 0 Å². The van der Waals surface area contributed by atoms with Crippen molar-refractivity contribution < 1.29 is 26.4 Å². The van der Waals surface area contributed by atoms with E-state index < -0.39 is 33.2 Å². The van der Waals surface area contributed by atoms with Crippen LogP contribution in [0.25, 0.3) is 0 Å². The first-order valence-corrected chi connectivity index (χ1v) is 8.66. The lowest BCUT2D eigenvalue weighted by atomic mass is 10.2. The molecule has 0 atom stereocenters. The molecule has 0 saturated heterocycles. The number of nitrogens with one attached hydrogen (secondary N) is 1. The van der Waals surface area contributed by atoms with Crippen LogP contribution in [0.1, 0.15) is 12.8 Å². The fraction of sp³-hybridized carbons (Fsp3) is 0.188. The number of rotatable bonds is 6. The summed E-state index contributed by atoms with van der Waals surface area (Å²) in [6.45, 7) is 0. The Hall–Kier alpha value is -2.35. The second kappa shape index (κ2) is 7.48. The van der Waals surface area contributed by atoms with E-state index in [1.807, 2.05) is 0 Å². The van der Waals surface area contributed by atoms with E-state index in [9.17, 15) is 26.4 Å². The van der Waals surface area contributed by atoms with E-state index in [0.717, 1.165) is 36.4 Å². The van der Waals surface area contributed by atoms with Crippen molar-refractivity contribution in [2.45, 2.75) is 17.7 Å². The maximum Gasteiger partial charge on any atom is 0.224 e. The predicted octanol–water partition coefficient (Wildman–Crippen LogP) is 3.30. The van der Waals surface area contributed by atoms with Gasteiger partial charge in [-0.25, -0.2) is 21.6 Å². The first-order valence-electron chi connectivity index (χ1n) is 7.01. The van der Waals surface area contributed by atoms with E-state index in [-0.39, 0.29) is 29.2 Å². The Morgan fingerprint density at radius 1 is 0.958 bits per heavy atom. The minimum atomic E-state index is -3.63. The third-order valence-corrected chi connectivity index (χ3v) is 5.01. The Morgan fingerprint density at radius 3 is 2.21 bits per heavy atom. The molecule has 0 bridgehead atoms. The third kappa shape index (κ3) is 4.82. The van der Waals surface area contributed by atoms with Gasteiger partial charge in [-0.1, -0.05) is 0 Å². The zero-order valence-corrected chi connectivity index (χ0v) is 13.2. The molecule has 0 saturated carbocycles. The van der Waals surface area contributed by atoms with Crippen LogP contribution in [-0.4, -0.2) is 20.1 Å². The van der Waals surface area contributed by atoms with E-state index >= 15 is 0 Å². The van der Waals surface area contributed by atoms with Gasteiger partial charge in [0, 0.05) is 12.5 Å². The smallest absolute Gasteiger partial charge is 0.224 e. The first kappa shape index (κ1) is 18.0. The summed E-state index contributed by atoms with van der Waals surface area (Å²) >= 11 is 0. The molecule has 0 aliphatic heterocycles. The minimum absolute atomic E-state index is 0.00829. The Morgan fingerprint density at radius 2 is 1.58 bits per heavy atom. The molecule has 2 aromatic carbocycles. The molecule has 0 fully saturated rings. The van der Waals surface area contributed by atoms with Crippen molar-refractivity contribution in [3.8, 4) is 0 Å². The van der Waals surface area contributed by atoms with Gasteiger partial charge in [-0.05, 0) is 42.8 Å². The molecule has 2 rings (SSSR count). The molecule has 1 amide bonds. The number of amides is 1. The standard InChI is InChI=1S/C16H14F3NO3S/c17-11-3-6-13(7-4-11)24(22,23)9-1-2-16(21)20-15-8-5-12(18)10-14(15)19/h3-8,10H,1-2,9H2,(H,20,21). The quantitative estimate of drug-likeness (QED) is 0.807. The normalized spacial score (nSPS) is 11.3. The molecule has 24 heavy (non-hydrogen) atoms. The van der Waals surface area contributed by atoms with Crippen molar-refractivity contribution in [3.63, 3.8) is 0 Å². The van der Waals surface area contributed by atoms with Crippen LogP contribution >= 0.6 is 0 Å². The average molecular weight is 357 g/mol. The second-order valence-electron chi connectivity index (χ2n) is 5.05. The highest BCUT2D eigenvalue weighted by Crippen LogP contribution is 2.16. The van der Waals surface area contributed by atoms with Crippen LogP contribution in [0.3, 0.4) is 0 Å². The molecule has 8 heteroatoms. The number of benzene rings is 2. The summed E-state index contributed by atoms with van der Waals surface area (Å²) in [5.41, 5.74) is -0.178. The predicted molar refractivity (Wildman–Crippen MR) is 82.7 cm³/mol. The Labute approximate surface area is 137 Å². The van der Waals surface area contributed by atoms with Crippen LogP contribution in [0, 0.1) is 17.5 Å². The fourth-order valence-electron chi connectivity index (χ4n) is 1.99. The molecular weight excluding hydrogens is 343 g/mol. The zero-order chi connectivity index (χ0) is 17.7. The molecule has 0 spiro atoms. The second-order valence-corrected chi connectivity index (χ2v) is 7.16.